The molecule has 0 aromatic heterocycles. The Morgan fingerprint density at radius 2 is 1.69 bits per heavy atom. The molecule has 0 unspecified atom stereocenters. The number of benzene rings is 1. The smallest absolute Gasteiger partial charge is 0.338 e. The lowest BCUT2D eigenvalue weighted by Crippen LogP contribution is -2.32. The quantitative estimate of drug-likeness (QED) is 0.731. The number of carbonyl (C=O) groups excluding carboxylic acids is 1. The van der Waals surface area contributed by atoms with Gasteiger partial charge >= 0.3 is 5.97 Å². The highest BCUT2D eigenvalue weighted by atomic mass is 32.2. The molecule has 0 N–H and O–H groups in total. The Morgan fingerprint density at radius 3 is 2.31 bits per heavy atom. The van der Waals surface area contributed by atoms with E-state index < -0.39 is 16.0 Å². The summed E-state index contributed by atoms with van der Waals surface area (Å²) in [5.74, 6) is -0.210. The molecule has 1 aromatic rings. The fraction of sp³-hybridized carbons (Fsp3) is 0.632. The molecule has 0 radical (unpaired) electrons. The lowest BCUT2D eigenvalue weighted by molar-refractivity contribution is 0.0317. The van der Waals surface area contributed by atoms with E-state index in [4.69, 9.17) is 9.47 Å². The number of esters is 1. The van der Waals surface area contributed by atoms with Crippen LogP contribution in [0.15, 0.2) is 23.1 Å². The van der Waals surface area contributed by atoms with Gasteiger partial charge in [0.25, 0.3) is 0 Å². The minimum absolute atomic E-state index is 0.0442. The van der Waals surface area contributed by atoms with Crippen molar-refractivity contribution in [1.29, 1.82) is 0 Å². The van der Waals surface area contributed by atoms with Gasteiger partial charge in [-0.2, -0.15) is 4.31 Å². The number of hydrogen-bond acceptors (Lipinski definition) is 5. The third-order valence-corrected chi connectivity index (χ3v) is 7.08. The largest absolute Gasteiger partial charge is 0.495 e. The zero-order valence-electron chi connectivity index (χ0n) is 15.3. The van der Waals surface area contributed by atoms with Crippen molar-refractivity contribution >= 4 is 16.0 Å². The Hall–Kier alpha value is -1.60. The first-order valence-electron chi connectivity index (χ1n) is 9.41. The number of methoxy groups -OCH3 is 1. The van der Waals surface area contributed by atoms with Gasteiger partial charge in [-0.15, -0.1) is 0 Å². The molecule has 1 aromatic carbocycles. The maximum atomic E-state index is 13.1. The number of ether oxygens (including phenoxy) is 2. The maximum absolute atomic E-state index is 13.1. The molecule has 7 heteroatoms. The summed E-state index contributed by atoms with van der Waals surface area (Å²) in [7, 11) is -2.27. The van der Waals surface area contributed by atoms with E-state index in [0.717, 1.165) is 51.4 Å². The van der Waals surface area contributed by atoms with Gasteiger partial charge in [0, 0.05) is 13.1 Å². The molecule has 0 bridgehead atoms. The van der Waals surface area contributed by atoms with Gasteiger partial charge in [0.1, 0.15) is 16.7 Å². The van der Waals surface area contributed by atoms with Crippen molar-refractivity contribution < 1.29 is 22.7 Å². The zero-order valence-corrected chi connectivity index (χ0v) is 16.1. The molecule has 1 saturated heterocycles. The van der Waals surface area contributed by atoms with Crippen molar-refractivity contribution in [3.63, 3.8) is 0 Å². The predicted molar refractivity (Wildman–Crippen MR) is 97.9 cm³/mol. The van der Waals surface area contributed by atoms with E-state index in [1.54, 1.807) is 6.07 Å². The summed E-state index contributed by atoms with van der Waals surface area (Å²) in [6, 6.07) is 4.50. The molecule has 0 atom stereocenters. The number of rotatable bonds is 5. The van der Waals surface area contributed by atoms with E-state index in [-0.39, 0.29) is 22.3 Å². The lowest BCUT2D eigenvalue weighted by Gasteiger charge is -2.21. The van der Waals surface area contributed by atoms with Crippen LogP contribution >= 0.6 is 0 Å². The van der Waals surface area contributed by atoms with Crippen LogP contribution in [0.1, 0.15) is 61.7 Å². The average molecular weight is 381 g/mol. The Bertz CT molecular complexity index is 732. The summed E-state index contributed by atoms with van der Waals surface area (Å²) in [5, 5.41) is 0. The van der Waals surface area contributed by atoms with Gasteiger partial charge in [0.15, 0.2) is 0 Å². The predicted octanol–water partition coefficient (Wildman–Crippen LogP) is 3.36. The Labute approximate surface area is 155 Å². The number of carbonyl (C=O) groups is 1. The first-order valence-corrected chi connectivity index (χ1v) is 10.9. The second-order valence-corrected chi connectivity index (χ2v) is 8.90. The van der Waals surface area contributed by atoms with Crippen molar-refractivity contribution in [1.82, 2.24) is 4.31 Å². The van der Waals surface area contributed by atoms with Crippen molar-refractivity contribution in [2.24, 2.45) is 0 Å². The SMILES string of the molecule is COc1ccc(C(=O)OC2CCCC2)cc1S(=O)(=O)N1CCCCCC1. The van der Waals surface area contributed by atoms with Crippen LogP contribution in [0.5, 0.6) is 5.75 Å². The molecule has 6 nitrogen and oxygen atoms in total. The zero-order chi connectivity index (χ0) is 18.6. The van der Waals surface area contributed by atoms with Crippen LogP contribution in [0, 0.1) is 0 Å². The molecular formula is C19H27NO5S. The fourth-order valence-corrected chi connectivity index (χ4v) is 5.35. The molecule has 2 aliphatic rings. The first-order chi connectivity index (χ1) is 12.5. The van der Waals surface area contributed by atoms with Crippen LogP contribution in [-0.4, -0.2) is 45.0 Å². The van der Waals surface area contributed by atoms with Gasteiger partial charge in [0.2, 0.25) is 10.0 Å². The fourth-order valence-electron chi connectivity index (χ4n) is 3.65. The summed E-state index contributed by atoms with van der Waals surface area (Å²) >= 11 is 0. The van der Waals surface area contributed by atoms with Crippen molar-refractivity contribution in [2.75, 3.05) is 20.2 Å². The number of sulfonamides is 1. The van der Waals surface area contributed by atoms with E-state index in [2.05, 4.69) is 0 Å². The Morgan fingerprint density at radius 1 is 1.04 bits per heavy atom. The van der Waals surface area contributed by atoms with Crippen molar-refractivity contribution in [2.45, 2.75) is 62.4 Å². The molecular weight excluding hydrogens is 354 g/mol. The van der Waals surface area contributed by atoms with Crippen LogP contribution < -0.4 is 4.74 Å². The minimum atomic E-state index is -3.71. The summed E-state index contributed by atoms with van der Waals surface area (Å²) in [5.41, 5.74) is 0.256. The highest BCUT2D eigenvalue weighted by molar-refractivity contribution is 7.89. The summed E-state index contributed by atoms with van der Waals surface area (Å²) in [4.78, 5) is 12.5. The van der Waals surface area contributed by atoms with Crippen LogP contribution in [0.2, 0.25) is 0 Å². The van der Waals surface area contributed by atoms with E-state index in [1.807, 2.05) is 0 Å². The molecule has 1 heterocycles. The van der Waals surface area contributed by atoms with Crippen LogP contribution in [0.4, 0.5) is 0 Å². The molecule has 1 aliphatic carbocycles. The normalized spacial score (nSPS) is 19.9. The molecule has 1 aliphatic heterocycles. The third-order valence-electron chi connectivity index (χ3n) is 5.16. The van der Waals surface area contributed by atoms with E-state index >= 15 is 0 Å². The number of hydrogen-bond donors (Lipinski definition) is 0. The monoisotopic (exact) mass is 381 g/mol. The van der Waals surface area contributed by atoms with Crippen LogP contribution in [-0.2, 0) is 14.8 Å². The molecule has 0 spiro atoms. The highest BCUT2D eigenvalue weighted by Crippen LogP contribution is 2.30. The lowest BCUT2D eigenvalue weighted by atomic mass is 10.2. The third kappa shape index (κ3) is 4.20. The minimum Gasteiger partial charge on any atom is -0.495 e. The molecule has 1 saturated carbocycles. The second kappa shape index (κ2) is 8.39. The van der Waals surface area contributed by atoms with Gasteiger partial charge < -0.3 is 9.47 Å². The average Bonchev–Trinajstić information content (AvgIpc) is 2.99. The molecule has 26 heavy (non-hydrogen) atoms. The molecule has 2 fully saturated rings. The van der Waals surface area contributed by atoms with E-state index in [1.165, 1.54) is 23.5 Å². The molecule has 0 amide bonds. The molecule has 3 rings (SSSR count). The maximum Gasteiger partial charge on any atom is 0.338 e. The summed E-state index contributed by atoms with van der Waals surface area (Å²) in [6.07, 6.45) is 7.60. The molecule has 144 valence electrons. The van der Waals surface area contributed by atoms with Gasteiger partial charge in [-0.25, -0.2) is 13.2 Å². The van der Waals surface area contributed by atoms with Gasteiger partial charge in [-0.1, -0.05) is 12.8 Å². The van der Waals surface area contributed by atoms with Gasteiger partial charge in [-0.05, 0) is 56.7 Å². The highest BCUT2D eigenvalue weighted by Gasteiger charge is 2.30. The summed E-state index contributed by atoms with van der Waals surface area (Å²) in [6.45, 7) is 1.00. The standard InChI is InChI=1S/C19H27NO5S/c1-24-17-11-10-15(19(21)25-16-8-4-5-9-16)14-18(17)26(22,23)20-12-6-2-3-7-13-20/h10-11,14,16H,2-9,12-13H2,1H3. The van der Waals surface area contributed by atoms with E-state index in [0.29, 0.717) is 13.1 Å². The van der Waals surface area contributed by atoms with Crippen molar-refractivity contribution in [3.05, 3.63) is 23.8 Å². The summed E-state index contributed by atoms with van der Waals surface area (Å²) < 4.78 is 38.5. The van der Waals surface area contributed by atoms with Crippen molar-refractivity contribution in [3.8, 4) is 5.75 Å². The first kappa shape index (κ1) is 19.2. The number of nitrogens with zero attached hydrogens (tertiary/aromatic N) is 1. The van der Waals surface area contributed by atoms with E-state index in [9.17, 15) is 13.2 Å². The second-order valence-electron chi connectivity index (χ2n) is 7.00. The van der Waals surface area contributed by atoms with Crippen LogP contribution in [0.25, 0.3) is 0 Å². The Balaban J connectivity index is 1.87. The van der Waals surface area contributed by atoms with Gasteiger partial charge in [-0.3, -0.25) is 0 Å². The van der Waals surface area contributed by atoms with Gasteiger partial charge in [0.05, 0.1) is 12.7 Å². The van der Waals surface area contributed by atoms with Crippen LogP contribution in [0.3, 0.4) is 0 Å². The Kier molecular flexibility index (Phi) is 6.19. The topological polar surface area (TPSA) is 72.9 Å².